The van der Waals surface area contributed by atoms with Crippen LogP contribution in [0.2, 0.25) is 0 Å². The molecule has 2 aliphatic carbocycles. The Morgan fingerprint density at radius 3 is 2.24 bits per heavy atom. The Hall–Kier alpha value is -1.84. The van der Waals surface area contributed by atoms with Gasteiger partial charge in [0.1, 0.15) is 0 Å². The molecule has 0 heterocycles. The Balaban J connectivity index is 1.93. The van der Waals surface area contributed by atoms with Crippen LogP contribution in [0.1, 0.15) is 35.4 Å². The maximum Gasteiger partial charge on any atom is 0.307 e. The van der Waals surface area contributed by atoms with Gasteiger partial charge in [0.05, 0.1) is 11.8 Å². The van der Waals surface area contributed by atoms with Crippen molar-refractivity contribution in [2.45, 2.75) is 32.6 Å². The second-order valence-corrected chi connectivity index (χ2v) is 6.57. The molecule has 1 aromatic carbocycles. The molecule has 3 rings (SSSR count). The van der Waals surface area contributed by atoms with Crippen LogP contribution in [0, 0.1) is 37.5 Å². The van der Waals surface area contributed by atoms with Crippen LogP contribution in [0.25, 0.3) is 0 Å². The number of carbonyl (C=O) groups is 2. The van der Waals surface area contributed by atoms with Gasteiger partial charge in [0.25, 0.3) is 0 Å². The summed E-state index contributed by atoms with van der Waals surface area (Å²) < 4.78 is 0. The highest BCUT2D eigenvalue weighted by Crippen LogP contribution is 2.58. The summed E-state index contributed by atoms with van der Waals surface area (Å²) in [5, 5.41) is 18.8. The summed E-state index contributed by atoms with van der Waals surface area (Å²) in [6, 6.07) is 6.28. The molecule has 21 heavy (non-hydrogen) atoms. The first kappa shape index (κ1) is 14.1. The third kappa shape index (κ3) is 2.13. The van der Waals surface area contributed by atoms with E-state index in [4.69, 9.17) is 0 Å². The molecule has 0 amide bonds. The van der Waals surface area contributed by atoms with Crippen molar-refractivity contribution in [3.8, 4) is 0 Å². The van der Waals surface area contributed by atoms with Gasteiger partial charge in [0, 0.05) is 0 Å². The lowest BCUT2D eigenvalue weighted by molar-refractivity contribution is -0.156. The van der Waals surface area contributed by atoms with Crippen molar-refractivity contribution in [3.63, 3.8) is 0 Å². The van der Waals surface area contributed by atoms with Gasteiger partial charge in [0.15, 0.2) is 0 Å². The molecule has 2 aliphatic rings. The predicted molar refractivity (Wildman–Crippen MR) is 77.1 cm³/mol. The van der Waals surface area contributed by atoms with Crippen LogP contribution in [0.5, 0.6) is 0 Å². The number of carboxylic acid groups (broad SMARTS) is 2. The highest BCUT2D eigenvalue weighted by atomic mass is 16.4. The fourth-order valence-corrected chi connectivity index (χ4v) is 4.43. The molecule has 112 valence electrons. The van der Waals surface area contributed by atoms with E-state index in [0.29, 0.717) is 0 Å². The normalized spacial score (nSPS) is 34.1. The molecule has 5 atom stereocenters. The van der Waals surface area contributed by atoms with Crippen molar-refractivity contribution in [2.24, 2.45) is 23.7 Å². The molecule has 4 nitrogen and oxygen atoms in total. The quantitative estimate of drug-likeness (QED) is 0.897. The molecule has 0 aliphatic heterocycles. The second kappa shape index (κ2) is 4.86. The number of carboxylic acids is 2. The van der Waals surface area contributed by atoms with E-state index < -0.39 is 23.8 Å². The predicted octanol–water partition coefficient (Wildman–Crippen LogP) is 2.83. The van der Waals surface area contributed by atoms with Crippen LogP contribution in [-0.4, -0.2) is 22.2 Å². The smallest absolute Gasteiger partial charge is 0.307 e. The monoisotopic (exact) mass is 288 g/mol. The van der Waals surface area contributed by atoms with Crippen molar-refractivity contribution in [3.05, 3.63) is 34.9 Å². The van der Waals surface area contributed by atoms with Gasteiger partial charge in [-0.3, -0.25) is 9.59 Å². The number of fused-ring (bicyclic) bond motifs is 2. The number of rotatable bonds is 3. The molecule has 1 aromatic rings. The van der Waals surface area contributed by atoms with Gasteiger partial charge in [-0.15, -0.1) is 0 Å². The standard InChI is InChI=1S/C17H20O4/c1-8-3-4-10(5-9(8)2)12-6-11-7-13(12)15(17(20)21)14(11)16(18)19/h3-5,11-15H,6-7H2,1-2H3,(H,18,19)(H,20,21)/t11-,12-,13+,14-,15+/m0/s1. The van der Waals surface area contributed by atoms with E-state index in [2.05, 4.69) is 32.0 Å². The molecule has 0 unspecified atom stereocenters. The van der Waals surface area contributed by atoms with E-state index in [1.54, 1.807) is 0 Å². The summed E-state index contributed by atoms with van der Waals surface area (Å²) in [6.45, 7) is 4.11. The van der Waals surface area contributed by atoms with Crippen molar-refractivity contribution in [1.82, 2.24) is 0 Å². The molecule has 0 spiro atoms. The van der Waals surface area contributed by atoms with Gasteiger partial charge in [-0.05, 0) is 61.1 Å². The minimum atomic E-state index is -0.955. The number of hydrogen-bond donors (Lipinski definition) is 2. The minimum Gasteiger partial charge on any atom is -0.481 e. The van der Waals surface area contributed by atoms with Gasteiger partial charge in [-0.25, -0.2) is 0 Å². The van der Waals surface area contributed by atoms with Gasteiger partial charge in [0.2, 0.25) is 0 Å². The average Bonchev–Trinajstić information content (AvgIpc) is 2.99. The molecule has 0 saturated heterocycles. The topological polar surface area (TPSA) is 74.6 Å². The molecule has 0 radical (unpaired) electrons. The van der Waals surface area contributed by atoms with E-state index in [1.807, 2.05) is 0 Å². The molecule has 2 bridgehead atoms. The summed E-state index contributed by atoms with van der Waals surface area (Å²) in [4.78, 5) is 22.9. The maximum atomic E-state index is 11.5. The van der Waals surface area contributed by atoms with E-state index >= 15 is 0 Å². The number of benzene rings is 1. The van der Waals surface area contributed by atoms with Crippen molar-refractivity contribution in [1.29, 1.82) is 0 Å². The Bertz CT molecular complexity index is 607. The van der Waals surface area contributed by atoms with Crippen LogP contribution in [0.15, 0.2) is 18.2 Å². The molecule has 2 N–H and O–H groups in total. The zero-order valence-corrected chi connectivity index (χ0v) is 12.2. The lowest BCUT2D eigenvalue weighted by Crippen LogP contribution is -2.37. The Labute approximate surface area is 123 Å². The Morgan fingerprint density at radius 1 is 1.00 bits per heavy atom. The zero-order chi connectivity index (χ0) is 15.3. The maximum absolute atomic E-state index is 11.5. The van der Waals surface area contributed by atoms with Crippen LogP contribution in [0.4, 0.5) is 0 Å². The van der Waals surface area contributed by atoms with E-state index in [-0.39, 0.29) is 17.8 Å². The summed E-state index contributed by atoms with van der Waals surface area (Å²) in [5.41, 5.74) is 3.60. The van der Waals surface area contributed by atoms with E-state index in [0.717, 1.165) is 12.8 Å². The first-order valence-corrected chi connectivity index (χ1v) is 7.43. The first-order chi connectivity index (χ1) is 9.90. The Morgan fingerprint density at radius 2 is 1.67 bits per heavy atom. The summed E-state index contributed by atoms with van der Waals surface area (Å²) in [5.74, 6) is -3.22. The molecular formula is C17H20O4. The molecular weight excluding hydrogens is 268 g/mol. The summed E-state index contributed by atoms with van der Waals surface area (Å²) in [7, 11) is 0. The van der Waals surface area contributed by atoms with E-state index in [9.17, 15) is 19.8 Å². The fraction of sp³-hybridized carbons (Fsp3) is 0.529. The van der Waals surface area contributed by atoms with Gasteiger partial charge < -0.3 is 10.2 Å². The van der Waals surface area contributed by atoms with Crippen LogP contribution in [0.3, 0.4) is 0 Å². The number of aliphatic carboxylic acids is 2. The van der Waals surface area contributed by atoms with Gasteiger partial charge in [-0.2, -0.15) is 0 Å². The third-order valence-corrected chi connectivity index (χ3v) is 5.53. The van der Waals surface area contributed by atoms with E-state index in [1.165, 1.54) is 16.7 Å². The lowest BCUT2D eigenvalue weighted by atomic mass is 9.71. The molecule has 2 saturated carbocycles. The largest absolute Gasteiger partial charge is 0.481 e. The highest BCUT2D eigenvalue weighted by Gasteiger charge is 2.58. The van der Waals surface area contributed by atoms with Crippen LogP contribution >= 0.6 is 0 Å². The first-order valence-electron chi connectivity index (χ1n) is 7.43. The Kier molecular flexibility index (Phi) is 3.27. The number of hydrogen-bond acceptors (Lipinski definition) is 2. The average molecular weight is 288 g/mol. The highest BCUT2D eigenvalue weighted by molar-refractivity contribution is 5.82. The van der Waals surface area contributed by atoms with Crippen molar-refractivity contribution >= 4 is 11.9 Å². The lowest BCUT2D eigenvalue weighted by Gasteiger charge is -2.31. The van der Waals surface area contributed by atoms with Crippen LogP contribution < -0.4 is 0 Å². The van der Waals surface area contributed by atoms with Gasteiger partial charge >= 0.3 is 11.9 Å². The van der Waals surface area contributed by atoms with Gasteiger partial charge in [-0.1, -0.05) is 18.2 Å². The summed E-state index contributed by atoms with van der Waals surface area (Å²) in [6.07, 6.45) is 1.53. The third-order valence-electron chi connectivity index (χ3n) is 5.53. The fourth-order valence-electron chi connectivity index (χ4n) is 4.43. The van der Waals surface area contributed by atoms with Crippen LogP contribution in [-0.2, 0) is 9.59 Å². The minimum absolute atomic E-state index is 0.000194. The number of aryl methyl sites for hydroxylation is 2. The summed E-state index contributed by atoms with van der Waals surface area (Å²) >= 11 is 0. The molecule has 4 heteroatoms. The SMILES string of the molecule is Cc1ccc([C@@H]2C[C@H]3C[C@H]2[C@@H](C(=O)O)[C@H]3C(=O)O)cc1C. The molecule has 0 aromatic heterocycles. The second-order valence-electron chi connectivity index (χ2n) is 6.57. The zero-order valence-electron chi connectivity index (χ0n) is 12.2. The van der Waals surface area contributed by atoms with Crippen molar-refractivity contribution in [2.75, 3.05) is 0 Å². The van der Waals surface area contributed by atoms with Crippen molar-refractivity contribution < 1.29 is 19.8 Å². The molecule has 2 fully saturated rings.